The lowest BCUT2D eigenvalue weighted by Crippen LogP contribution is -2.46. The van der Waals surface area contributed by atoms with Crippen molar-refractivity contribution >= 4 is 17.6 Å². The van der Waals surface area contributed by atoms with Gasteiger partial charge in [0.25, 0.3) is 0 Å². The van der Waals surface area contributed by atoms with E-state index in [2.05, 4.69) is 53.8 Å². The normalized spacial score (nSPS) is 16.3. The number of rotatable bonds is 4. The van der Waals surface area contributed by atoms with E-state index >= 15 is 0 Å². The first kappa shape index (κ1) is 15.9. The monoisotopic (exact) mass is 305 g/mol. The highest BCUT2D eigenvalue weighted by atomic mass is 35.5. The van der Waals surface area contributed by atoms with Crippen LogP contribution in [0.2, 0.25) is 5.02 Å². The van der Waals surface area contributed by atoms with Gasteiger partial charge in [-0.1, -0.05) is 49.7 Å². The molecule has 3 nitrogen and oxygen atoms in total. The molecule has 0 radical (unpaired) electrons. The molecule has 114 valence electrons. The Morgan fingerprint density at radius 1 is 1.24 bits per heavy atom. The van der Waals surface area contributed by atoms with Crippen molar-refractivity contribution in [3.63, 3.8) is 0 Å². The number of hydrogen-bond donors (Lipinski definition) is 2. The zero-order valence-corrected chi connectivity index (χ0v) is 13.7. The molecule has 1 aliphatic rings. The predicted octanol–water partition coefficient (Wildman–Crippen LogP) is 3.50. The number of aliphatic imine (C=N–C) groups is 1. The summed E-state index contributed by atoms with van der Waals surface area (Å²) in [5.41, 5.74) is 1.27. The fraction of sp³-hybridized carbons (Fsp3) is 0.471. The summed E-state index contributed by atoms with van der Waals surface area (Å²) >= 11 is 5.96. The molecule has 1 aliphatic carbocycles. The second-order valence-corrected chi connectivity index (χ2v) is 6.54. The average molecular weight is 306 g/mol. The molecule has 0 heterocycles. The molecule has 1 aromatic rings. The molecule has 0 saturated heterocycles. The van der Waals surface area contributed by atoms with Gasteiger partial charge in [-0.15, -0.1) is 0 Å². The van der Waals surface area contributed by atoms with Crippen LogP contribution in [0.5, 0.6) is 0 Å². The molecular weight excluding hydrogens is 282 g/mol. The minimum Gasteiger partial charge on any atom is -0.356 e. The Bertz CT molecular complexity index is 509. The largest absolute Gasteiger partial charge is 0.356 e. The summed E-state index contributed by atoms with van der Waals surface area (Å²) in [6.07, 6.45) is 6.56. The molecule has 4 heteroatoms. The molecule has 0 unspecified atom stereocenters. The van der Waals surface area contributed by atoms with Crippen molar-refractivity contribution in [2.24, 2.45) is 4.99 Å². The highest BCUT2D eigenvalue weighted by Gasteiger charge is 2.21. The quantitative estimate of drug-likeness (QED) is 0.507. The molecule has 0 bridgehead atoms. The maximum absolute atomic E-state index is 5.96. The Kier molecular flexibility index (Phi) is 5.29. The number of halogens is 1. The summed E-state index contributed by atoms with van der Waals surface area (Å²) in [6.45, 7) is 5.25. The van der Waals surface area contributed by atoms with Crippen LogP contribution in [0, 0.1) is 0 Å². The number of benzene rings is 1. The van der Waals surface area contributed by atoms with E-state index in [4.69, 9.17) is 11.6 Å². The highest BCUT2D eigenvalue weighted by Crippen LogP contribution is 2.23. The van der Waals surface area contributed by atoms with Gasteiger partial charge in [0.1, 0.15) is 0 Å². The molecule has 0 fully saturated rings. The van der Waals surface area contributed by atoms with E-state index in [9.17, 15) is 0 Å². The van der Waals surface area contributed by atoms with Crippen LogP contribution in [0.3, 0.4) is 0 Å². The van der Waals surface area contributed by atoms with Gasteiger partial charge in [-0.3, -0.25) is 4.99 Å². The minimum atomic E-state index is 0.0101. The van der Waals surface area contributed by atoms with Crippen LogP contribution in [-0.4, -0.2) is 25.6 Å². The molecule has 0 aliphatic heterocycles. The van der Waals surface area contributed by atoms with E-state index < -0.39 is 0 Å². The second kappa shape index (κ2) is 6.99. The van der Waals surface area contributed by atoms with Crippen LogP contribution < -0.4 is 10.6 Å². The van der Waals surface area contributed by atoms with Gasteiger partial charge in [0.05, 0.1) is 0 Å². The van der Waals surface area contributed by atoms with Crippen LogP contribution in [0.15, 0.2) is 41.4 Å². The first-order chi connectivity index (χ1) is 10.0. The standard InChI is InChI=1S/C17H24ClN3/c1-17(2,13-8-10-14(18)11-9-13)12-20-16(19-3)21-15-6-4-5-7-15/h4-5,8-11,15H,6-7,12H2,1-3H3,(H2,19,20,21). The molecule has 1 aromatic carbocycles. The van der Waals surface area contributed by atoms with Crippen LogP contribution in [0.4, 0.5) is 0 Å². The summed E-state index contributed by atoms with van der Waals surface area (Å²) < 4.78 is 0. The topological polar surface area (TPSA) is 36.4 Å². The first-order valence-electron chi connectivity index (χ1n) is 7.39. The number of nitrogens with zero attached hydrogens (tertiary/aromatic N) is 1. The van der Waals surface area contributed by atoms with Gasteiger partial charge >= 0.3 is 0 Å². The van der Waals surface area contributed by atoms with E-state index in [0.717, 1.165) is 30.4 Å². The fourth-order valence-electron chi connectivity index (χ4n) is 2.43. The van der Waals surface area contributed by atoms with Crippen molar-refractivity contribution in [3.8, 4) is 0 Å². The summed E-state index contributed by atoms with van der Waals surface area (Å²) in [7, 11) is 1.81. The number of nitrogens with one attached hydrogen (secondary N) is 2. The molecule has 0 spiro atoms. The van der Waals surface area contributed by atoms with Crippen molar-refractivity contribution in [2.75, 3.05) is 13.6 Å². The Labute approximate surface area is 132 Å². The van der Waals surface area contributed by atoms with Crippen molar-refractivity contribution in [1.82, 2.24) is 10.6 Å². The maximum Gasteiger partial charge on any atom is 0.191 e. The first-order valence-corrected chi connectivity index (χ1v) is 7.77. The molecule has 0 aromatic heterocycles. The summed E-state index contributed by atoms with van der Waals surface area (Å²) in [5.74, 6) is 0.866. The van der Waals surface area contributed by atoms with Crippen molar-refractivity contribution in [3.05, 3.63) is 47.0 Å². The van der Waals surface area contributed by atoms with Crippen molar-refractivity contribution < 1.29 is 0 Å². The molecule has 0 atom stereocenters. The van der Waals surface area contributed by atoms with Gasteiger partial charge in [-0.25, -0.2) is 0 Å². The third kappa shape index (κ3) is 4.50. The molecule has 0 saturated carbocycles. The highest BCUT2D eigenvalue weighted by molar-refractivity contribution is 6.30. The summed E-state index contributed by atoms with van der Waals surface area (Å²) in [4.78, 5) is 4.31. The molecule has 2 N–H and O–H groups in total. The Balaban J connectivity index is 1.91. The zero-order chi connectivity index (χ0) is 15.3. The zero-order valence-electron chi connectivity index (χ0n) is 13.0. The lowest BCUT2D eigenvalue weighted by Gasteiger charge is -2.27. The van der Waals surface area contributed by atoms with Crippen LogP contribution in [-0.2, 0) is 5.41 Å². The number of hydrogen-bond acceptors (Lipinski definition) is 1. The summed E-state index contributed by atoms with van der Waals surface area (Å²) in [6, 6.07) is 8.52. The van der Waals surface area contributed by atoms with E-state index in [1.54, 1.807) is 0 Å². The third-order valence-corrected chi connectivity index (χ3v) is 4.15. The summed E-state index contributed by atoms with van der Waals surface area (Å²) in [5, 5.41) is 7.65. The van der Waals surface area contributed by atoms with Gasteiger partial charge in [0.2, 0.25) is 0 Å². The van der Waals surface area contributed by atoms with Crippen LogP contribution >= 0.6 is 11.6 Å². The van der Waals surface area contributed by atoms with Gasteiger partial charge in [0.15, 0.2) is 5.96 Å². The second-order valence-electron chi connectivity index (χ2n) is 6.10. The van der Waals surface area contributed by atoms with E-state index in [0.29, 0.717) is 6.04 Å². The minimum absolute atomic E-state index is 0.0101. The molecular formula is C17H24ClN3. The van der Waals surface area contributed by atoms with Crippen LogP contribution in [0.25, 0.3) is 0 Å². The van der Waals surface area contributed by atoms with Crippen LogP contribution in [0.1, 0.15) is 32.3 Å². The molecule has 2 rings (SSSR count). The van der Waals surface area contributed by atoms with E-state index in [1.165, 1.54) is 5.56 Å². The van der Waals surface area contributed by atoms with Gasteiger partial charge in [-0.05, 0) is 30.5 Å². The third-order valence-electron chi connectivity index (χ3n) is 3.90. The molecule has 21 heavy (non-hydrogen) atoms. The lowest BCUT2D eigenvalue weighted by molar-refractivity contribution is 0.504. The van der Waals surface area contributed by atoms with Gasteiger partial charge in [0, 0.05) is 30.1 Å². The average Bonchev–Trinajstić information content (AvgIpc) is 2.97. The predicted molar refractivity (Wildman–Crippen MR) is 91.1 cm³/mol. The van der Waals surface area contributed by atoms with E-state index in [1.807, 2.05) is 19.2 Å². The van der Waals surface area contributed by atoms with Gasteiger partial charge in [-0.2, -0.15) is 0 Å². The Morgan fingerprint density at radius 3 is 2.43 bits per heavy atom. The maximum atomic E-state index is 5.96. The van der Waals surface area contributed by atoms with Gasteiger partial charge < -0.3 is 10.6 Å². The van der Waals surface area contributed by atoms with E-state index in [-0.39, 0.29) is 5.41 Å². The van der Waals surface area contributed by atoms with Crippen molar-refractivity contribution in [1.29, 1.82) is 0 Å². The fourth-order valence-corrected chi connectivity index (χ4v) is 2.56. The van der Waals surface area contributed by atoms with Crippen molar-refractivity contribution in [2.45, 2.75) is 38.1 Å². The Hall–Kier alpha value is -1.48. The lowest BCUT2D eigenvalue weighted by atomic mass is 9.85. The SMILES string of the molecule is CN=C(NCC(C)(C)c1ccc(Cl)cc1)NC1CC=CC1. The smallest absolute Gasteiger partial charge is 0.191 e. The Morgan fingerprint density at radius 2 is 1.86 bits per heavy atom. The molecule has 0 amide bonds. The number of guanidine groups is 1.